The van der Waals surface area contributed by atoms with E-state index in [0.29, 0.717) is 6.61 Å². The van der Waals surface area contributed by atoms with Gasteiger partial charge in [-0.05, 0) is 79.1 Å². The van der Waals surface area contributed by atoms with Gasteiger partial charge in [-0.15, -0.1) is 0 Å². The monoisotopic (exact) mass is 456 g/mol. The van der Waals surface area contributed by atoms with E-state index in [4.69, 9.17) is 22.1 Å². The van der Waals surface area contributed by atoms with E-state index in [1.807, 2.05) is 42.9 Å². The minimum absolute atomic E-state index is 0.140. The van der Waals surface area contributed by atoms with Crippen LogP contribution in [0.15, 0.2) is 53.7 Å². The summed E-state index contributed by atoms with van der Waals surface area (Å²) in [5, 5.41) is 1.73. The first-order valence-electron chi connectivity index (χ1n) is 10.6. The highest BCUT2D eigenvalue weighted by atomic mass is 35.5. The van der Waals surface area contributed by atoms with Gasteiger partial charge in [-0.3, -0.25) is 4.72 Å². The molecule has 1 aliphatic rings. The van der Waals surface area contributed by atoms with Crippen LogP contribution in [0.3, 0.4) is 0 Å². The van der Waals surface area contributed by atoms with Crippen molar-refractivity contribution in [3.8, 4) is 5.75 Å². The van der Waals surface area contributed by atoms with Gasteiger partial charge in [-0.2, -0.15) is 0 Å². The molecule has 5 nitrogen and oxygen atoms in total. The molecule has 1 aliphatic carbocycles. The third-order valence-electron chi connectivity index (χ3n) is 5.86. The van der Waals surface area contributed by atoms with Crippen LogP contribution in [0, 0.1) is 6.92 Å². The SMILES string of the molecule is Cc1nc(SNCCOc2ccc3c(c2)C(Cc2cccc(Cl)c2)C(N)CC3)cn1C. The van der Waals surface area contributed by atoms with Gasteiger partial charge < -0.3 is 15.0 Å². The molecule has 0 saturated heterocycles. The van der Waals surface area contributed by atoms with Crippen molar-refractivity contribution >= 4 is 23.5 Å². The average Bonchev–Trinajstić information content (AvgIpc) is 3.07. The van der Waals surface area contributed by atoms with E-state index in [1.165, 1.54) is 28.6 Å². The molecule has 0 bridgehead atoms. The predicted octanol–water partition coefficient (Wildman–Crippen LogP) is 4.66. The first-order chi connectivity index (χ1) is 15.0. The second kappa shape index (κ2) is 10.1. The van der Waals surface area contributed by atoms with Crippen molar-refractivity contribution in [2.24, 2.45) is 12.8 Å². The Morgan fingerprint density at radius 2 is 2.16 bits per heavy atom. The molecule has 3 aromatic rings. The number of benzene rings is 2. The number of aryl methyl sites for hydroxylation is 3. The molecule has 1 aromatic heterocycles. The van der Waals surface area contributed by atoms with Crippen LogP contribution in [0.25, 0.3) is 0 Å². The van der Waals surface area contributed by atoms with Crippen LogP contribution in [-0.4, -0.2) is 28.7 Å². The molecule has 0 saturated carbocycles. The summed E-state index contributed by atoms with van der Waals surface area (Å²) in [4.78, 5) is 4.47. The van der Waals surface area contributed by atoms with E-state index < -0.39 is 0 Å². The van der Waals surface area contributed by atoms with Gasteiger partial charge in [0, 0.05) is 36.8 Å². The van der Waals surface area contributed by atoms with Gasteiger partial charge in [0.05, 0.1) is 0 Å². The number of halogens is 1. The molecule has 0 aliphatic heterocycles. The molecule has 164 valence electrons. The van der Waals surface area contributed by atoms with E-state index in [9.17, 15) is 0 Å². The van der Waals surface area contributed by atoms with Crippen LogP contribution < -0.4 is 15.2 Å². The molecule has 0 fully saturated rings. The number of fused-ring (bicyclic) bond motifs is 1. The topological polar surface area (TPSA) is 65.1 Å². The highest BCUT2D eigenvalue weighted by molar-refractivity contribution is 7.97. The molecule has 7 heteroatoms. The fourth-order valence-electron chi connectivity index (χ4n) is 4.08. The van der Waals surface area contributed by atoms with Gasteiger partial charge in [0.25, 0.3) is 0 Å². The lowest BCUT2D eigenvalue weighted by molar-refractivity contribution is 0.323. The van der Waals surface area contributed by atoms with Crippen molar-refractivity contribution < 1.29 is 4.74 Å². The van der Waals surface area contributed by atoms with Crippen molar-refractivity contribution in [3.63, 3.8) is 0 Å². The Kier molecular flexibility index (Phi) is 7.23. The first-order valence-corrected chi connectivity index (χ1v) is 11.8. The molecule has 2 aromatic carbocycles. The summed E-state index contributed by atoms with van der Waals surface area (Å²) in [6.07, 6.45) is 4.93. The summed E-state index contributed by atoms with van der Waals surface area (Å²) in [5.41, 5.74) is 10.4. The van der Waals surface area contributed by atoms with Gasteiger partial charge in [0.15, 0.2) is 0 Å². The predicted molar refractivity (Wildman–Crippen MR) is 128 cm³/mol. The van der Waals surface area contributed by atoms with E-state index >= 15 is 0 Å². The van der Waals surface area contributed by atoms with Gasteiger partial charge in [0.2, 0.25) is 0 Å². The number of hydrogen-bond acceptors (Lipinski definition) is 5. The molecular weight excluding hydrogens is 428 g/mol. The number of aromatic nitrogens is 2. The fraction of sp³-hybridized carbons (Fsp3) is 0.375. The van der Waals surface area contributed by atoms with Crippen molar-refractivity contribution in [1.82, 2.24) is 14.3 Å². The van der Waals surface area contributed by atoms with Crippen molar-refractivity contribution in [1.29, 1.82) is 0 Å². The quantitative estimate of drug-likeness (QED) is 0.381. The summed E-state index contributed by atoms with van der Waals surface area (Å²) in [6.45, 7) is 3.31. The molecule has 2 atom stereocenters. The number of nitrogens with one attached hydrogen (secondary N) is 1. The lowest BCUT2D eigenvalue weighted by atomic mass is 9.76. The minimum atomic E-state index is 0.140. The highest BCUT2D eigenvalue weighted by Gasteiger charge is 2.27. The standard InChI is InChI=1S/C24H29ClN4OS/c1-16-28-24(15-29(16)2)31-27-10-11-30-20-8-6-18-7-9-23(26)22(21(18)14-20)13-17-4-3-5-19(25)12-17/h3-6,8,12,14-15,22-23,27H,7,9-11,13,26H2,1-2H3. The summed E-state index contributed by atoms with van der Waals surface area (Å²) >= 11 is 7.72. The van der Waals surface area contributed by atoms with Gasteiger partial charge in [-0.25, -0.2) is 4.98 Å². The Morgan fingerprint density at radius 1 is 1.29 bits per heavy atom. The Morgan fingerprint density at radius 3 is 2.94 bits per heavy atom. The smallest absolute Gasteiger partial charge is 0.129 e. The Hall–Kier alpha value is -1.99. The van der Waals surface area contributed by atoms with Gasteiger partial charge in [0.1, 0.15) is 23.2 Å². The van der Waals surface area contributed by atoms with E-state index in [2.05, 4.69) is 34.0 Å². The number of nitrogens with zero attached hydrogens (tertiary/aromatic N) is 2. The van der Waals surface area contributed by atoms with E-state index in [1.54, 1.807) is 0 Å². The maximum absolute atomic E-state index is 6.54. The molecule has 31 heavy (non-hydrogen) atoms. The third kappa shape index (κ3) is 5.63. The number of imidazole rings is 1. The Labute approximate surface area is 193 Å². The number of rotatable bonds is 8. The van der Waals surface area contributed by atoms with Crippen LogP contribution >= 0.6 is 23.5 Å². The number of hydrogen-bond donors (Lipinski definition) is 2. The summed E-state index contributed by atoms with van der Waals surface area (Å²) in [6, 6.07) is 14.7. The third-order valence-corrected chi connectivity index (χ3v) is 6.85. The zero-order valence-electron chi connectivity index (χ0n) is 18.0. The number of ether oxygens (including phenoxy) is 1. The molecule has 0 spiro atoms. The maximum Gasteiger partial charge on any atom is 0.129 e. The molecule has 0 radical (unpaired) electrons. The maximum atomic E-state index is 6.54. The minimum Gasteiger partial charge on any atom is -0.492 e. The molecule has 4 rings (SSSR count). The lowest BCUT2D eigenvalue weighted by Gasteiger charge is -2.32. The van der Waals surface area contributed by atoms with Crippen LogP contribution in [0.2, 0.25) is 5.02 Å². The highest BCUT2D eigenvalue weighted by Crippen LogP contribution is 2.36. The second-order valence-electron chi connectivity index (χ2n) is 8.09. The lowest BCUT2D eigenvalue weighted by Crippen LogP contribution is -2.34. The van der Waals surface area contributed by atoms with Crippen LogP contribution in [0.4, 0.5) is 0 Å². The first kappa shape index (κ1) is 22.2. The summed E-state index contributed by atoms with van der Waals surface area (Å²) < 4.78 is 11.4. The average molecular weight is 457 g/mol. The second-order valence-corrected chi connectivity index (χ2v) is 9.43. The van der Waals surface area contributed by atoms with Crippen molar-refractivity contribution in [2.45, 2.75) is 43.2 Å². The molecule has 1 heterocycles. The fourth-order valence-corrected chi connectivity index (χ4v) is 5.01. The van der Waals surface area contributed by atoms with E-state index in [-0.39, 0.29) is 12.0 Å². The summed E-state index contributed by atoms with van der Waals surface area (Å²) in [7, 11) is 2.00. The van der Waals surface area contributed by atoms with Crippen molar-refractivity contribution in [3.05, 3.63) is 76.2 Å². The molecule has 2 unspecified atom stereocenters. The largest absolute Gasteiger partial charge is 0.492 e. The zero-order valence-corrected chi connectivity index (χ0v) is 19.5. The number of nitrogens with two attached hydrogens (primary N) is 1. The van der Waals surface area contributed by atoms with Crippen LogP contribution in [-0.2, 0) is 19.9 Å². The van der Waals surface area contributed by atoms with E-state index in [0.717, 1.165) is 47.4 Å². The van der Waals surface area contributed by atoms with Crippen molar-refractivity contribution in [2.75, 3.05) is 13.2 Å². The van der Waals surface area contributed by atoms with Crippen LogP contribution in [0.5, 0.6) is 5.75 Å². The van der Waals surface area contributed by atoms with Gasteiger partial charge >= 0.3 is 0 Å². The molecule has 0 amide bonds. The Bertz CT molecular complexity index is 1020. The normalized spacial score (nSPS) is 18.1. The Balaban J connectivity index is 1.36. The summed E-state index contributed by atoms with van der Waals surface area (Å²) in [5.74, 6) is 2.16. The molecule has 3 N–H and O–H groups in total. The molecular formula is C24H29ClN4OS. The zero-order chi connectivity index (χ0) is 21.8. The van der Waals surface area contributed by atoms with Crippen LogP contribution in [0.1, 0.15) is 34.9 Å². The van der Waals surface area contributed by atoms with Gasteiger partial charge in [-0.1, -0.05) is 29.8 Å².